The molecule has 8 heteroatoms. The number of halogens is 1. The van der Waals surface area contributed by atoms with Crippen LogP contribution >= 0.6 is 0 Å². The fraction of sp³-hybridized carbons (Fsp3) is 0.304. The van der Waals surface area contributed by atoms with Crippen LogP contribution in [0.25, 0.3) is 16.9 Å². The lowest BCUT2D eigenvalue weighted by Crippen LogP contribution is -2.41. The number of aromatic nitrogens is 2. The van der Waals surface area contributed by atoms with Crippen molar-refractivity contribution in [3.05, 3.63) is 59.0 Å². The maximum Gasteiger partial charge on any atom is 0.274 e. The average Bonchev–Trinajstić information content (AvgIpc) is 3.35. The summed E-state index contributed by atoms with van der Waals surface area (Å²) in [6.07, 6.45) is 0.505. The van der Waals surface area contributed by atoms with E-state index in [0.29, 0.717) is 61.3 Å². The van der Waals surface area contributed by atoms with Gasteiger partial charge in [0.15, 0.2) is 17.2 Å². The van der Waals surface area contributed by atoms with Crippen LogP contribution in [0.1, 0.15) is 21.6 Å². The van der Waals surface area contributed by atoms with E-state index in [9.17, 15) is 9.18 Å². The number of benzene rings is 2. The van der Waals surface area contributed by atoms with Crippen molar-refractivity contribution in [1.29, 1.82) is 0 Å². The smallest absolute Gasteiger partial charge is 0.274 e. The molecule has 1 saturated heterocycles. The van der Waals surface area contributed by atoms with Crippen molar-refractivity contribution in [3.63, 3.8) is 0 Å². The van der Waals surface area contributed by atoms with Gasteiger partial charge < -0.3 is 19.1 Å². The Morgan fingerprint density at radius 1 is 1.10 bits per heavy atom. The molecule has 2 aliphatic rings. The number of fused-ring (bicyclic) bond motifs is 3. The van der Waals surface area contributed by atoms with Gasteiger partial charge >= 0.3 is 0 Å². The van der Waals surface area contributed by atoms with Crippen LogP contribution in [0, 0.1) is 5.82 Å². The molecule has 3 aromatic rings. The number of carbonyl (C=O) groups is 1. The van der Waals surface area contributed by atoms with Gasteiger partial charge in [0.1, 0.15) is 11.5 Å². The minimum Gasteiger partial charge on any atom is -0.493 e. The summed E-state index contributed by atoms with van der Waals surface area (Å²) in [5.74, 6) is 0.600. The van der Waals surface area contributed by atoms with E-state index >= 15 is 0 Å². The lowest BCUT2D eigenvalue weighted by molar-refractivity contribution is 0.0298. The standard InChI is InChI=1S/C23H22FN3O4/c1-29-19-12-14-11-16-21(23(28)26-7-9-31-10-8-26)25-27(18-6-4-3-5-17(18)24)22(16)15(14)13-20(19)30-2/h3-6,12-13H,7-11H2,1-2H3. The average molecular weight is 423 g/mol. The molecule has 0 spiro atoms. The Labute approximate surface area is 178 Å². The molecule has 0 atom stereocenters. The number of ether oxygens (including phenoxy) is 3. The Balaban J connectivity index is 1.70. The van der Waals surface area contributed by atoms with Crippen LogP contribution in [0.2, 0.25) is 0 Å². The minimum absolute atomic E-state index is 0.165. The molecule has 2 aromatic carbocycles. The molecule has 2 heterocycles. The quantitative estimate of drug-likeness (QED) is 0.505. The third-order valence-electron chi connectivity index (χ3n) is 5.80. The molecule has 1 fully saturated rings. The van der Waals surface area contributed by atoms with E-state index in [1.807, 2.05) is 12.1 Å². The Bertz CT molecular complexity index is 1170. The lowest BCUT2D eigenvalue weighted by Gasteiger charge is -2.26. The van der Waals surface area contributed by atoms with Crippen molar-refractivity contribution in [2.75, 3.05) is 40.5 Å². The first-order valence-corrected chi connectivity index (χ1v) is 10.1. The summed E-state index contributed by atoms with van der Waals surface area (Å²) in [6.45, 7) is 2.01. The van der Waals surface area contributed by atoms with E-state index in [-0.39, 0.29) is 5.91 Å². The molecule has 0 radical (unpaired) electrons. The summed E-state index contributed by atoms with van der Waals surface area (Å²) in [6, 6.07) is 10.2. The summed E-state index contributed by atoms with van der Waals surface area (Å²) in [5, 5.41) is 4.61. The third-order valence-corrected chi connectivity index (χ3v) is 5.80. The van der Waals surface area contributed by atoms with Crippen LogP contribution in [0.5, 0.6) is 11.5 Å². The number of para-hydroxylation sites is 1. The monoisotopic (exact) mass is 423 g/mol. The van der Waals surface area contributed by atoms with Crippen molar-refractivity contribution >= 4 is 5.91 Å². The summed E-state index contributed by atoms with van der Waals surface area (Å²) in [5.41, 5.74) is 3.95. The Morgan fingerprint density at radius 2 is 1.81 bits per heavy atom. The number of methoxy groups -OCH3 is 2. The van der Waals surface area contributed by atoms with Crippen LogP contribution in [0.3, 0.4) is 0 Å². The van der Waals surface area contributed by atoms with Crippen molar-refractivity contribution in [3.8, 4) is 28.4 Å². The van der Waals surface area contributed by atoms with Gasteiger partial charge in [0.25, 0.3) is 5.91 Å². The molecule has 0 N–H and O–H groups in total. The Morgan fingerprint density at radius 3 is 2.52 bits per heavy atom. The van der Waals surface area contributed by atoms with Crippen molar-refractivity contribution in [2.24, 2.45) is 0 Å². The van der Waals surface area contributed by atoms with Crippen molar-refractivity contribution < 1.29 is 23.4 Å². The number of morpholine rings is 1. The highest BCUT2D eigenvalue weighted by Crippen LogP contribution is 2.45. The molecular formula is C23H22FN3O4. The van der Waals surface area contributed by atoms with Gasteiger partial charge in [-0.3, -0.25) is 4.79 Å². The van der Waals surface area contributed by atoms with Crippen molar-refractivity contribution in [2.45, 2.75) is 6.42 Å². The van der Waals surface area contributed by atoms with Crippen LogP contribution in [0.4, 0.5) is 4.39 Å². The Kier molecular flexibility index (Phi) is 4.86. The van der Waals surface area contributed by atoms with Crippen LogP contribution in [0.15, 0.2) is 36.4 Å². The number of rotatable bonds is 4. The fourth-order valence-electron chi connectivity index (χ4n) is 4.26. The van der Waals surface area contributed by atoms with Crippen LogP contribution in [-0.4, -0.2) is 61.1 Å². The molecule has 0 unspecified atom stereocenters. The van der Waals surface area contributed by atoms with Gasteiger partial charge in [-0.05, 0) is 29.8 Å². The molecular weight excluding hydrogens is 401 g/mol. The topological polar surface area (TPSA) is 65.8 Å². The van der Waals surface area contributed by atoms with Gasteiger partial charge in [0.05, 0.1) is 33.1 Å². The highest BCUT2D eigenvalue weighted by molar-refractivity contribution is 5.97. The third kappa shape index (κ3) is 3.14. The number of hydrogen-bond donors (Lipinski definition) is 0. The Hall–Kier alpha value is -3.39. The summed E-state index contributed by atoms with van der Waals surface area (Å²) in [7, 11) is 3.16. The van der Waals surface area contributed by atoms with E-state index in [4.69, 9.17) is 14.2 Å². The summed E-state index contributed by atoms with van der Waals surface area (Å²) in [4.78, 5) is 15.1. The van der Waals surface area contributed by atoms with Gasteiger partial charge in [0, 0.05) is 30.6 Å². The van der Waals surface area contributed by atoms with Gasteiger partial charge in [-0.2, -0.15) is 5.10 Å². The predicted octanol–water partition coefficient (Wildman–Crippen LogP) is 3.07. The molecule has 160 valence electrons. The van der Waals surface area contributed by atoms with E-state index in [2.05, 4.69) is 5.10 Å². The number of hydrogen-bond acceptors (Lipinski definition) is 5. The van der Waals surface area contributed by atoms with E-state index in [0.717, 1.165) is 16.7 Å². The number of nitrogens with zero attached hydrogens (tertiary/aromatic N) is 3. The van der Waals surface area contributed by atoms with Crippen LogP contribution < -0.4 is 9.47 Å². The molecule has 5 rings (SSSR count). The molecule has 7 nitrogen and oxygen atoms in total. The number of carbonyl (C=O) groups excluding carboxylic acids is 1. The molecule has 0 saturated carbocycles. The summed E-state index contributed by atoms with van der Waals surface area (Å²) >= 11 is 0. The highest BCUT2D eigenvalue weighted by Gasteiger charge is 2.34. The summed E-state index contributed by atoms with van der Waals surface area (Å²) < 4.78 is 32.6. The minimum atomic E-state index is -0.410. The van der Waals surface area contributed by atoms with Gasteiger partial charge in [-0.15, -0.1) is 0 Å². The second kappa shape index (κ2) is 7.70. The van der Waals surface area contributed by atoms with Crippen molar-refractivity contribution in [1.82, 2.24) is 14.7 Å². The molecule has 1 amide bonds. The van der Waals surface area contributed by atoms with Gasteiger partial charge in [0.2, 0.25) is 0 Å². The molecule has 1 aromatic heterocycles. The van der Waals surface area contributed by atoms with Gasteiger partial charge in [-0.1, -0.05) is 12.1 Å². The second-order valence-corrected chi connectivity index (χ2v) is 7.48. The van der Waals surface area contributed by atoms with Gasteiger partial charge in [-0.25, -0.2) is 9.07 Å². The van der Waals surface area contributed by atoms with E-state index in [1.165, 1.54) is 10.7 Å². The molecule has 31 heavy (non-hydrogen) atoms. The SMILES string of the molecule is COc1cc2c(cc1OC)-c1c(c(C(=O)N3CCOCC3)nn1-c1ccccc1F)C2. The lowest BCUT2D eigenvalue weighted by atomic mass is 10.1. The molecule has 0 bridgehead atoms. The maximum absolute atomic E-state index is 14.7. The maximum atomic E-state index is 14.7. The van der Waals surface area contributed by atoms with E-state index in [1.54, 1.807) is 37.3 Å². The highest BCUT2D eigenvalue weighted by atomic mass is 19.1. The zero-order valence-corrected chi connectivity index (χ0v) is 17.4. The first kappa shape index (κ1) is 19.6. The zero-order valence-electron chi connectivity index (χ0n) is 17.4. The van der Waals surface area contributed by atoms with Crippen LogP contribution in [-0.2, 0) is 11.2 Å². The molecule has 1 aliphatic carbocycles. The fourth-order valence-corrected chi connectivity index (χ4v) is 4.26. The molecule has 1 aliphatic heterocycles. The van der Waals surface area contributed by atoms with E-state index < -0.39 is 5.82 Å². The zero-order chi connectivity index (χ0) is 21.5. The number of amides is 1. The first-order chi connectivity index (χ1) is 15.1. The second-order valence-electron chi connectivity index (χ2n) is 7.48. The normalized spacial score (nSPS) is 14.9. The largest absolute Gasteiger partial charge is 0.493 e. The first-order valence-electron chi connectivity index (χ1n) is 10.1. The predicted molar refractivity (Wildman–Crippen MR) is 112 cm³/mol.